The maximum atomic E-state index is 3.65. The highest BCUT2D eigenvalue weighted by Gasteiger charge is 1.84. The van der Waals surface area contributed by atoms with Gasteiger partial charge in [-0.1, -0.05) is 74.8 Å². The molecule has 0 saturated carbocycles. The smallest absolute Gasteiger partial charge is 0.0181 e. The summed E-state index contributed by atoms with van der Waals surface area (Å²) in [5.74, 6) is 0. The highest BCUT2D eigenvalue weighted by Crippen LogP contribution is 2.11. The van der Waals surface area contributed by atoms with Crippen LogP contribution in [-0.2, 0) is 0 Å². The number of hydrogen-bond donors (Lipinski definition) is 0. The first-order chi connectivity index (χ1) is 7.72. The van der Waals surface area contributed by atoms with Crippen LogP contribution in [0, 0.1) is 0 Å². The van der Waals surface area contributed by atoms with Gasteiger partial charge in [0.25, 0.3) is 0 Å². The van der Waals surface area contributed by atoms with E-state index in [-0.39, 0.29) is 0 Å². The monoisotopic (exact) mass is 338 g/mol. The van der Waals surface area contributed by atoms with Gasteiger partial charge in [0, 0.05) is 8.95 Å². The maximum absolute atomic E-state index is 3.65. The van der Waals surface area contributed by atoms with Crippen molar-refractivity contribution >= 4 is 37.9 Å². The molecule has 2 aromatic carbocycles. The molecule has 0 N–H and O–H groups in total. The third-order valence-corrected chi connectivity index (χ3v) is 2.84. The molecule has 2 heteroatoms. The van der Waals surface area contributed by atoms with E-state index in [1.54, 1.807) is 0 Å². The van der Waals surface area contributed by atoms with Crippen LogP contribution in [0.25, 0.3) is 6.08 Å². The quantitative estimate of drug-likeness (QED) is 0.639. The van der Waals surface area contributed by atoms with Gasteiger partial charge in [0.2, 0.25) is 0 Å². The van der Waals surface area contributed by atoms with E-state index < -0.39 is 0 Å². The molecule has 0 nitrogen and oxygen atoms in total. The summed E-state index contributed by atoms with van der Waals surface area (Å²) in [6, 6.07) is 18.0. The summed E-state index contributed by atoms with van der Waals surface area (Å²) in [6.45, 7) is 3.65. The molecule has 2 aromatic rings. The number of rotatable bonds is 1. The lowest BCUT2D eigenvalue weighted by atomic mass is 10.2. The fraction of sp³-hybridized carbons (Fsp3) is 0. The fourth-order valence-corrected chi connectivity index (χ4v) is 1.77. The van der Waals surface area contributed by atoms with Crippen molar-refractivity contribution in [2.24, 2.45) is 0 Å². The molecule has 0 amide bonds. The van der Waals surface area contributed by atoms with Crippen molar-refractivity contribution in [2.45, 2.75) is 0 Å². The molecule has 0 aliphatic heterocycles. The second-order valence-corrected chi connectivity index (χ2v) is 4.89. The Balaban J connectivity index is 0.000000165. The van der Waals surface area contributed by atoms with Crippen LogP contribution in [0.4, 0.5) is 0 Å². The Morgan fingerprint density at radius 2 is 1.44 bits per heavy atom. The predicted octanol–water partition coefficient (Wildman–Crippen LogP) is 5.54. The van der Waals surface area contributed by atoms with Crippen molar-refractivity contribution in [2.75, 3.05) is 0 Å². The van der Waals surface area contributed by atoms with Crippen molar-refractivity contribution in [1.29, 1.82) is 0 Å². The van der Waals surface area contributed by atoms with Crippen LogP contribution >= 0.6 is 31.9 Å². The van der Waals surface area contributed by atoms with E-state index in [2.05, 4.69) is 38.4 Å². The first kappa shape index (κ1) is 13.2. The van der Waals surface area contributed by atoms with E-state index in [1.807, 2.05) is 60.7 Å². The Hall–Kier alpha value is -0.860. The van der Waals surface area contributed by atoms with Crippen LogP contribution in [-0.4, -0.2) is 0 Å². The molecule has 0 fully saturated rings. The molecular formula is C14H12Br2. The van der Waals surface area contributed by atoms with Gasteiger partial charge in [0.15, 0.2) is 0 Å². The molecule has 0 aromatic heterocycles. The van der Waals surface area contributed by atoms with Crippen molar-refractivity contribution in [3.63, 3.8) is 0 Å². The Bertz CT molecular complexity index is 435. The van der Waals surface area contributed by atoms with E-state index in [9.17, 15) is 0 Å². The molecule has 82 valence electrons. The Kier molecular flexibility index (Phi) is 6.12. The van der Waals surface area contributed by atoms with Gasteiger partial charge in [-0.15, -0.1) is 0 Å². The number of benzene rings is 2. The van der Waals surface area contributed by atoms with Crippen molar-refractivity contribution in [3.8, 4) is 0 Å². The van der Waals surface area contributed by atoms with E-state index >= 15 is 0 Å². The van der Waals surface area contributed by atoms with E-state index in [4.69, 9.17) is 0 Å². The molecule has 0 heterocycles. The zero-order valence-corrected chi connectivity index (χ0v) is 11.9. The van der Waals surface area contributed by atoms with Crippen molar-refractivity contribution in [3.05, 3.63) is 75.7 Å². The summed E-state index contributed by atoms with van der Waals surface area (Å²) in [6.07, 6.45) is 1.82. The van der Waals surface area contributed by atoms with Gasteiger partial charge in [-0.2, -0.15) is 0 Å². The molecule has 0 saturated heterocycles. The van der Waals surface area contributed by atoms with Crippen molar-refractivity contribution in [1.82, 2.24) is 0 Å². The molecule has 0 radical (unpaired) electrons. The summed E-state index contributed by atoms with van der Waals surface area (Å²) in [4.78, 5) is 0. The molecule has 0 unspecified atom stereocenters. The Morgan fingerprint density at radius 1 is 0.812 bits per heavy atom. The van der Waals surface area contributed by atoms with Crippen LogP contribution in [0.5, 0.6) is 0 Å². The van der Waals surface area contributed by atoms with Gasteiger partial charge in [-0.05, 0) is 29.8 Å². The van der Waals surface area contributed by atoms with Crippen LogP contribution in [0.1, 0.15) is 5.56 Å². The lowest BCUT2D eigenvalue weighted by Gasteiger charge is -1.90. The minimum Gasteiger partial charge on any atom is -0.0985 e. The summed E-state index contributed by atoms with van der Waals surface area (Å²) in [7, 11) is 0. The largest absolute Gasteiger partial charge is 0.0985 e. The molecule has 0 spiro atoms. The van der Waals surface area contributed by atoms with E-state index in [0.29, 0.717) is 0 Å². The van der Waals surface area contributed by atoms with Crippen LogP contribution < -0.4 is 0 Å². The molecule has 0 bridgehead atoms. The molecule has 2 rings (SSSR count). The molecular weight excluding hydrogens is 328 g/mol. The SMILES string of the molecule is Brc1ccccc1.C=Cc1cccc(Br)c1. The van der Waals surface area contributed by atoms with Gasteiger partial charge >= 0.3 is 0 Å². The molecule has 16 heavy (non-hydrogen) atoms. The highest BCUT2D eigenvalue weighted by atomic mass is 79.9. The van der Waals surface area contributed by atoms with Gasteiger partial charge in [0.1, 0.15) is 0 Å². The zero-order valence-electron chi connectivity index (χ0n) is 8.74. The third kappa shape index (κ3) is 5.29. The first-order valence-corrected chi connectivity index (χ1v) is 6.39. The predicted molar refractivity (Wildman–Crippen MR) is 78.4 cm³/mol. The van der Waals surface area contributed by atoms with Gasteiger partial charge < -0.3 is 0 Å². The van der Waals surface area contributed by atoms with Crippen molar-refractivity contribution < 1.29 is 0 Å². The van der Waals surface area contributed by atoms with Crippen LogP contribution in [0.3, 0.4) is 0 Å². The third-order valence-electron chi connectivity index (χ3n) is 1.82. The minimum atomic E-state index is 1.10. The second-order valence-electron chi connectivity index (χ2n) is 3.05. The lowest BCUT2D eigenvalue weighted by Crippen LogP contribution is -1.68. The highest BCUT2D eigenvalue weighted by molar-refractivity contribution is 9.10. The summed E-state index contributed by atoms with van der Waals surface area (Å²) < 4.78 is 2.23. The number of halogens is 2. The summed E-state index contributed by atoms with van der Waals surface area (Å²) in [5.41, 5.74) is 1.14. The van der Waals surface area contributed by atoms with Crippen LogP contribution in [0.15, 0.2) is 70.1 Å². The summed E-state index contributed by atoms with van der Waals surface area (Å²) >= 11 is 6.67. The zero-order chi connectivity index (χ0) is 11.8. The Labute approximate surface area is 113 Å². The molecule has 0 atom stereocenters. The molecule has 0 aliphatic carbocycles. The number of hydrogen-bond acceptors (Lipinski definition) is 0. The van der Waals surface area contributed by atoms with Gasteiger partial charge in [0.05, 0.1) is 0 Å². The summed E-state index contributed by atoms with van der Waals surface area (Å²) in [5, 5.41) is 0. The lowest BCUT2D eigenvalue weighted by molar-refractivity contribution is 1.61. The fourth-order valence-electron chi connectivity index (χ4n) is 1.05. The van der Waals surface area contributed by atoms with Crippen LogP contribution in [0.2, 0.25) is 0 Å². The van der Waals surface area contributed by atoms with Gasteiger partial charge in [-0.3, -0.25) is 0 Å². The minimum absolute atomic E-state index is 1.10. The normalized spacial score (nSPS) is 8.88. The second kappa shape index (κ2) is 7.42. The first-order valence-electron chi connectivity index (χ1n) is 4.81. The van der Waals surface area contributed by atoms with E-state index in [1.165, 1.54) is 0 Å². The average molecular weight is 340 g/mol. The topological polar surface area (TPSA) is 0 Å². The van der Waals surface area contributed by atoms with E-state index in [0.717, 1.165) is 14.5 Å². The van der Waals surface area contributed by atoms with Gasteiger partial charge in [-0.25, -0.2) is 0 Å². The Morgan fingerprint density at radius 3 is 1.81 bits per heavy atom. The average Bonchev–Trinajstić information content (AvgIpc) is 2.31. The maximum Gasteiger partial charge on any atom is 0.0181 e. The molecule has 0 aliphatic rings. The standard InChI is InChI=1S/C8H7Br.C6H5Br/c1-2-7-4-3-5-8(9)6-7;7-6-4-2-1-3-5-6/h2-6H,1H2;1-5H.